The van der Waals surface area contributed by atoms with Gasteiger partial charge < -0.3 is 24.1 Å². The molecule has 5 heterocycles. The van der Waals surface area contributed by atoms with Gasteiger partial charge in [-0.05, 0) is 85.0 Å². The highest BCUT2D eigenvalue weighted by Gasteiger charge is 2.42. The third-order valence-electron chi connectivity index (χ3n) is 10.9. The van der Waals surface area contributed by atoms with Gasteiger partial charge in [0.05, 0.1) is 52.9 Å². The Kier molecular flexibility index (Phi) is 8.63. The Morgan fingerprint density at radius 3 is 2.73 bits per heavy atom. The smallest absolute Gasteiger partial charge is 0.278 e. The second kappa shape index (κ2) is 13.7. The molecule has 1 fully saturated rings. The highest BCUT2D eigenvalue weighted by molar-refractivity contribution is 6.07. The number of hydrogen-bond acceptors (Lipinski definition) is 8. The van der Waals surface area contributed by atoms with Crippen LogP contribution >= 0.6 is 0 Å². The summed E-state index contributed by atoms with van der Waals surface area (Å²) in [4.78, 5) is 20.9. The molecule has 3 aliphatic rings. The first-order valence-electron chi connectivity index (χ1n) is 18.7. The van der Waals surface area contributed by atoms with Crippen LogP contribution in [0.1, 0.15) is 78.1 Å². The number of anilines is 1. The molecule has 1 amide bonds. The van der Waals surface area contributed by atoms with Crippen LogP contribution in [0.2, 0.25) is 0 Å². The highest BCUT2D eigenvalue weighted by atomic mass is 19.1. The summed E-state index contributed by atoms with van der Waals surface area (Å²) in [5.41, 5.74) is 7.41. The average Bonchev–Trinajstić information content (AvgIpc) is 3.85. The number of rotatable bonds is 9. The third-order valence-corrected chi connectivity index (χ3v) is 10.9. The Hall–Kier alpha value is -6.03. The molecule has 9 rings (SSSR count). The van der Waals surface area contributed by atoms with Gasteiger partial charge in [0.15, 0.2) is 11.5 Å². The molecule has 6 aromatic rings. The summed E-state index contributed by atoms with van der Waals surface area (Å²) < 4.78 is 35.7. The van der Waals surface area contributed by atoms with Gasteiger partial charge in [0.2, 0.25) is 0 Å². The van der Waals surface area contributed by atoms with E-state index in [9.17, 15) is 10.1 Å². The van der Waals surface area contributed by atoms with Crippen LogP contribution in [0.3, 0.4) is 0 Å². The van der Waals surface area contributed by atoms with Crippen molar-refractivity contribution in [3.8, 4) is 17.6 Å². The first kappa shape index (κ1) is 34.7. The number of ether oxygens (including phenoxy) is 3. The Labute approximate surface area is 317 Å². The number of halogens is 1. The van der Waals surface area contributed by atoms with Gasteiger partial charge in [0.25, 0.3) is 11.7 Å². The van der Waals surface area contributed by atoms with Crippen molar-refractivity contribution in [3.63, 3.8) is 0 Å². The number of fused-ring (bicyclic) bond motifs is 3. The lowest BCUT2D eigenvalue weighted by Gasteiger charge is -2.29. The Morgan fingerprint density at radius 2 is 1.98 bits per heavy atom. The van der Waals surface area contributed by atoms with Crippen LogP contribution in [0.5, 0.6) is 11.5 Å². The van der Waals surface area contributed by atoms with Gasteiger partial charge >= 0.3 is 0 Å². The third kappa shape index (κ3) is 6.39. The van der Waals surface area contributed by atoms with E-state index in [1.54, 1.807) is 25.1 Å². The number of para-hydroxylation sites is 1. The number of benzene rings is 4. The minimum absolute atomic E-state index is 0.141. The molecular formula is C43H40FN7O4. The van der Waals surface area contributed by atoms with Gasteiger partial charge in [-0.1, -0.05) is 32.1 Å². The second-order valence-corrected chi connectivity index (χ2v) is 14.9. The lowest BCUT2D eigenvalue weighted by molar-refractivity contribution is -0.0708. The first-order valence-corrected chi connectivity index (χ1v) is 18.7. The van der Waals surface area contributed by atoms with E-state index in [-0.39, 0.29) is 29.1 Å². The Balaban J connectivity index is 0.930. The molecule has 1 unspecified atom stereocenters. The zero-order valence-corrected chi connectivity index (χ0v) is 30.9. The fraction of sp³-hybridized carbons (Fsp3) is 0.302. The topological polar surface area (TPSA) is 130 Å². The van der Waals surface area contributed by atoms with Crippen LogP contribution in [0.4, 0.5) is 10.1 Å². The van der Waals surface area contributed by atoms with Gasteiger partial charge in [-0.3, -0.25) is 14.8 Å². The number of nitrogens with one attached hydrogen (secondary N) is 2. The fourth-order valence-corrected chi connectivity index (χ4v) is 7.77. The number of amides is 1. The van der Waals surface area contributed by atoms with E-state index in [2.05, 4.69) is 44.9 Å². The summed E-state index contributed by atoms with van der Waals surface area (Å²) in [5, 5.41) is 20.7. The van der Waals surface area contributed by atoms with Crippen LogP contribution in [0.25, 0.3) is 27.5 Å². The van der Waals surface area contributed by atoms with Gasteiger partial charge in [0, 0.05) is 54.5 Å². The first-order chi connectivity index (χ1) is 26.7. The van der Waals surface area contributed by atoms with Crippen molar-refractivity contribution in [2.45, 2.75) is 64.5 Å². The zero-order valence-electron chi connectivity index (χ0n) is 30.9. The van der Waals surface area contributed by atoms with Crippen molar-refractivity contribution >= 4 is 39.1 Å². The number of imidazole rings is 1. The number of aromatic nitrogens is 4. The highest BCUT2D eigenvalue weighted by Crippen LogP contribution is 2.49. The largest absolute Gasteiger partial charge is 0.444 e. The van der Waals surface area contributed by atoms with Gasteiger partial charge in [-0.15, -0.1) is 0 Å². The molecular weight excluding hydrogens is 698 g/mol. The molecule has 2 N–H and O–H groups in total. The maximum Gasteiger partial charge on any atom is 0.278 e. The van der Waals surface area contributed by atoms with Gasteiger partial charge in [0.1, 0.15) is 11.6 Å². The molecule has 3 aliphatic heterocycles. The van der Waals surface area contributed by atoms with Crippen molar-refractivity contribution < 1.29 is 23.4 Å². The minimum atomic E-state index is -1.37. The molecule has 55 heavy (non-hydrogen) atoms. The number of H-pyrrole nitrogens is 1. The Bertz CT molecular complexity index is 2560. The molecule has 0 bridgehead atoms. The van der Waals surface area contributed by atoms with Crippen molar-refractivity contribution in [1.82, 2.24) is 24.6 Å². The molecule has 0 radical (unpaired) electrons. The molecule has 2 aromatic heterocycles. The molecule has 278 valence electrons. The molecule has 2 atom stereocenters. The summed E-state index contributed by atoms with van der Waals surface area (Å²) in [6.45, 7) is 9.50. The summed E-state index contributed by atoms with van der Waals surface area (Å²) in [7, 11) is 0. The molecule has 11 nitrogen and oxygen atoms in total. The number of aromatic amines is 1. The maximum absolute atomic E-state index is 15.1. The monoisotopic (exact) mass is 737 g/mol. The van der Waals surface area contributed by atoms with Crippen molar-refractivity contribution in [2.24, 2.45) is 0 Å². The molecule has 0 aliphatic carbocycles. The standard InChI is InChI=1S/C43H40FN7O4/c1-25(2)40-32-20-28(8-11-35(32)48-49-40)42(52)46-29-9-12-37-36(21-29)47-39(51(37)23-30-15-18-53-30)24-50-16-13-27(14-17-50)31-5-4-6-38-41(31)55-43(3,54-38)33-10-7-26(22-45)19-34(33)44/h4-13,19-21,25,30H,14-18,23-24H2,1-3H3,(H,46,52)(H,48,49)/t30-,43?/m0/s1. The van der Waals surface area contributed by atoms with E-state index in [1.807, 2.05) is 54.6 Å². The summed E-state index contributed by atoms with van der Waals surface area (Å²) >= 11 is 0. The number of hydrogen-bond donors (Lipinski definition) is 2. The number of carbonyl (C=O) groups is 1. The predicted octanol–water partition coefficient (Wildman–Crippen LogP) is 8.02. The van der Waals surface area contributed by atoms with E-state index in [0.29, 0.717) is 42.4 Å². The van der Waals surface area contributed by atoms with E-state index in [4.69, 9.17) is 19.2 Å². The molecule has 1 saturated heterocycles. The van der Waals surface area contributed by atoms with Crippen molar-refractivity contribution in [3.05, 3.63) is 118 Å². The summed E-state index contributed by atoms with van der Waals surface area (Å²) in [6, 6.07) is 23.5. The second-order valence-electron chi connectivity index (χ2n) is 14.9. The summed E-state index contributed by atoms with van der Waals surface area (Å²) in [5.74, 6) is 0.218. The Morgan fingerprint density at radius 1 is 1.11 bits per heavy atom. The van der Waals surface area contributed by atoms with Crippen LogP contribution in [0, 0.1) is 17.1 Å². The quantitative estimate of drug-likeness (QED) is 0.153. The fourth-order valence-electron chi connectivity index (χ4n) is 7.77. The maximum atomic E-state index is 15.1. The lowest BCUT2D eigenvalue weighted by atomic mass is 9.98. The van der Waals surface area contributed by atoms with Gasteiger partial charge in [-0.2, -0.15) is 10.4 Å². The van der Waals surface area contributed by atoms with E-state index >= 15 is 4.39 Å². The SMILES string of the molecule is CC(C)c1[nH]nc2ccc(C(=O)Nc3ccc4c(c3)nc(CN3CC=C(c5cccc6c5OC(C)(c5ccc(C#N)cc5F)O6)CC3)n4C[C@@H]3CCO3)cc12. The number of carbonyl (C=O) groups excluding carboxylic acids is 1. The number of nitriles is 1. The van der Waals surface area contributed by atoms with Crippen molar-refractivity contribution in [1.29, 1.82) is 5.26 Å². The minimum Gasteiger partial charge on any atom is -0.444 e. The van der Waals surface area contributed by atoms with Crippen LogP contribution < -0.4 is 14.8 Å². The van der Waals surface area contributed by atoms with Crippen LogP contribution in [-0.4, -0.2) is 56.4 Å². The van der Waals surface area contributed by atoms with Crippen molar-refractivity contribution in [2.75, 3.05) is 25.0 Å². The van der Waals surface area contributed by atoms with E-state index in [0.717, 1.165) is 70.6 Å². The predicted molar refractivity (Wildman–Crippen MR) is 206 cm³/mol. The van der Waals surface area contributed by atoms with E-state index < -0.39 is 11.6 Å². The molecule has 0 spiro atoms. The van der Waals surface area contributed by atoms with Crippen LogP contribution in [0.15, 0.2) is 78.9 Å². The van der Waals surface area contributed by atoms with Crippen LogP contribution in [-0.2, 0) is 23.6 Å². The lowest BCUT2D eigenvalue weighted by Crippen LogP contribution is -2.33. The number of nitrogens with zero attached hydrogens (tertiary/aromatic N) is 5. The normalized spacial score (nSPS) is 19.4. The zero-order chi connectivity index (χ0) is 37.8. The van der Waals surface area contributed by atoms with E-state index in [1.165, 1.54) is 6.07 Å². The molecule has 0 saturated carbocycles. The summed E-state index contributed by atoms with van der Waals surface area (Å²) in [6.07, 6.45) is 4.13. The average molecular weight is 738 g/mol. The van der Waals surface area contributed by atoms with Gasteiger partial charge in [-0.25, -0.2) is 9.37 Å². The molecule has 4 aromatic carbocycles. The molecule has 12 heteroatoms.